The average molecular weight is 361 g/mol. The summed E-state index contributed by atoms with van der Waals surface area (Å²) in [5.74, 6) is 0. The van der Waals surface area contributed by atoms with Crippen LogP contribution in [0.4, 0.5) is 0 Å². The first-order valence-corrected chi connectivity index (χ1v) is 9.28. The molecule has 116 valence electrons. The van der Waals surface area contributed by atoms with Crippen LogP contribution in [0, 0.1) is 0 Å². The van der Waals surface area contributed by atoms with Crippen LogP contribution in [-0.4, -0.2) is 0 Å². The molecule has 0 bridgehead atoms. The van der Waals surface area contributed by atoms with Gasteiger partial charge in [-0.05, 0) is 0 Å². The maximum absolute atomic E-state index is 2.46. The van der Waals surface area contributed by atoms with E-state index in [1.54, 1.807) is 22.3 Å². The van der Waals surface area contributed by atoms with Gasteiger partial charge >= 0.3 is 128 Å². The summed E-state index contributed by atoms with van der Waals surface area (Å²) in [6.45, 7) is 9.23. The fraction of sp³-hybridized carbons (Fsp3) is 0.556. The standard InChI is InChI=1S/2C9H13.2ClH.Ti/c2*1-3-5-9-7-4-6-8(9)2;;;/h2*6H,3-5H2,1-2H3;2*1H;/q;;;;+2/p-2. The summed E-state index contributed by atoms with van der Waals surface area (Å²) in [5, 5.41) is 0. The van der Waals surface area contributed by atoms with Crippen molar-refractivity contribution in [1.82, 2.24) is 0 Å². The quantitative estimate of drug-likeness (QED) is 0.579. The SMILES string of the molecule is CCCC1=[C]([Ti+2][C]2=C(CCC)C(C)=CC2)CC=C1C.[Cl-].[Cl-]. The molecule has 2 aliphatic carbocycles. The van der Waals surface area contributed by atoms with Crippen molar-refractivity contribution < 1.29 is 44.0 Å². The Morgan fingerprint density at radius 3 is 1.52 bits per heavy atom. The van der Waals surface area contributed by atoms with Crippen LogP contribution in [0.25, 0.3) is 0 Å². The maximum atomic E-state index is 2.46. The Labute approximate surface area is 152 Å². The van der Waals surface area contributed by atoms with Gasteiger partial charge in [0.2, 0.25) is 0 Å². The van der Waals surface area contributed by atoms with Gasteiger partial charge in [-0.1, -0.05) is 0 Å². The molecule has 0 radical (unpaired) electrons. The molecular formula is C18H26Cl2Ti. The minimum atomic E-state index is -0.0390. The van der Waals surface area contributed by atoms with Crippen molar-refractivity contribution in [2.75, 3.05) is 0 Å². The van der Waals surface area contributed by atoms with Crippen molar-refractivity contribution in [2.45, 2.75) is 66.2 Å². The van der Waals surface area contributed by atoms with E-state index < -0.39 is 0 Å². The summed E-state index contributed by atoms with van der Waals surface area (Å²) in [7, 11) is 0. The van der Waals surface area contributed by atoms with E-state index in [1.807, 2.05) is 7.76 Å². The van der Waals surface area contributed by atoms with Crippen molar-refractivity contribution in [1.29, 1.82) is 0 Å². The van der Waals surface area contributed by atoms with Gasteiger partial charge in [-0.3, -0.25) is 0 Å². The zero-order valence-electron chi connectivity index (χ0n) is 13.7. The van der Waals surface area contributed by atoms with Crippen LogP contribution in [0.2, 0.25) is 0 Å². The Balaban J connectivity index is 0.00000200. The van der Waals surface area contributed by atoms with Gasteiger partial charge in [0.15, 0.2) is 0 Å². The fourth-order valence-corrected chi connectivity index (χ4v) is 5.79. The second kappa shape index (κ2) is 10.1. The number of hydrogen-bond acceptors (Lipinski definition) is 0. The third kappa shape index (κ3) is 5.13. The monoisotopic (exact) mass is 360 g/mol. The van der Waals surface area contributed by atoms with Crippen LogP contribution in [0.5, 0.6) is 0 Å². The number of halogens is 2. The first-order valence-electron chi connectivity index (χ1n) is 7.72. The number of rotatable bonds is 6. The predicted octanol–water partition coefficient (Wildman–Crippen LogP) is -0.115. The third-order valence-electron chi connectivity index (χ3n) is 4.21. The fourth-order valence-electron chi connectivity index (χ4n) is 3.11. The molecule has 0 amide bonds. The predicted molar refractivity (Wildman–Crippen MR) is 80.6 cm³/mol. The molecule has 0 atom stereocenters. The first kappa shape index (κ1) is 21.3. The van der Waals surface area contributed by atoms with Crippen LogP contribution in [0.15, 0.2) is 42.2 Å². The molecule has 0 N–H and O–H groups in total. The van der Waals surface area contributed by atoms with Crippen LogP contribution < -0.4 is 24.8 Å². The van der Waals surface area contributed by atoms with Crippen LogP contribution in [0.1, 0.15) is 66.2 Å². The van der Waals surface area contributed by atoms with Gasteiger partial charge in [0.25, 0.3) is 0 Å². The molecular weight excluding hydrogens is 335 g/mol. The number of allylic oxidation sites excluding steroid dienone is 8. The molecule has 0 aromatic heterocycles. The molecule has 0 unspecified atom stereocenters. The minimum Gasteiger partial charge on any atom is -1.00 e. The van der Waals surface area contributed by atoms with Gasteiger partial charge in [0.05, 0.1) is 0 Å². The Morgan fingerprint density at radius 1 is 0.810 bits per heavy atom. The van der Waals surface area contributed by atoms with Crippen molar-refractivity contribution in [3.05, 3.63) is 42.2 Å². The van der Waals surface area contributed by atoms with Crippen molar-refractivity contribution in [2.24, 2.45) is 0 Å². The molecule has 2 aliphatic rings. The molecule has 0 spiro atoms. The molecule has 0 fully saturated rings. The van der Waals surface area contributed by atoms with Crippen molar-refractivity contribution >= 4 is 0 Å². The van der Waals surface area contributed by atoms with Crippen molar-refractivity contribution in [3.8, 4) is 0 Å². The van der Waals surface area contributed by atoms with Gasteiger partial charge in [0, 0.05) is 0 Å². The summed E-state index contributed by atoms with van der Waals surface area (Å²) in [6, 6.07) is 0. The average Bonchev–Trinajstić information content (AvgIpc) is 2.90. The van der Waals surface area contributed by atoms with Gasteiger partial charge in [-0.2, -0.15) is 0 Å². The zero-order valence-corrected chi connectivity index (χ0v) is 16.7. The van der Waals surface area contributed by atoms with E-state index in [4.69, 9.17) is 0 Å². The number of hydrogen-bond donors (Lipinski definition) is 0. The molecule has 0 saturated carbocycles. The van der Waals surface area contributed by atoms with E-state index in [0.29, 0.717) is 0 Å². The molecule has 0 aliphatic heterocycles. The van der Waals surface area contributed by atoms with E-state index in [9.17, 15) is 0 Å². The summed E-state index contributed by atoms with van der Waals surface area (Å²) in [5.41, 5.74) is 6.58. The van der Waals surface area contributed by atoms with Gasteiger partial charge < -0.3 is 24.8 Å². The molecule has 0 saturated heterocycles. The summed E-state index contributed by atoms with van der Waals surface area (Å²) >= 11 is -0.0390. The largest absolute Gasteiger partial charge is 1.00 e. The topological polar surface area (TPSA) is 0 Å². The van der Waals surface area contributed by atoms with Gasteiger partial charge in [-0.15, -0.1) is 0 Å². The third-order valence-corrected chi connectivity index (χ3v) is 6.73. The van der Waals surface area contributed by atoms with E-state index >= 15 is 0 Å². The Kier molecular flexibility index (Phi) is 10.2. The summed E-state index contributed by atoms with van der Waals surface area (Å²) < 4.78 is 3.65. The van der Waals surface area contributed by atoms with E-state index in [1.165, 1.54) is 38.5 Å². The normalized spacial score (nSPS) is 17.1. The maximum Gasteiger partial charge on any atom is -1.00 e. The Morgan fingerprint density at radius 2 is 1.19 bits per heavy atom. The molecule has 21 heavy (non-hydrogen) atoms. The molecule has 2 rings (SSSR count). The second-order valence-electron chi connectivity index (χ2n) is 5.72. The molecule has 0 heterocycles. The second-order valence-corrected chi connectivity index (χ2v) is 8.00. The molecule has 0 aromatic carbocycles. The molecule has 0 aromatic rings. The first-order chi connectivity index (χ1) is 9.17. The molecule has 0 nitrogen and oxygen atoms in total. The minimum absolute atomic E-state index is 0. The van der Waals surface area contributed by atoms with E-state index in [2.05, 4.69) is 39.8 Å². The van der Waals surface area contributed by atoms with E-state index in [-0.39, 0.29) is 44.0 Å². The Bertz CT molecular complexity index is 437. The Hall–Kier alpha value is 0.254. The van der Waals surface area contributed by atoms with Gasteiger partial charge in [0.1, 0.15) is 0 Å². The van der Waals surface area contributed by atoms with Crippen LogP contribution in [-0.2, 0) is 19.2 Å². The zero-order chi connectivity index (χ0) is 13.8. The van der Waals surface area contributed by atoms with E-state index in [0.717, 1.165) is 0 Å². The summed E-state index contributed by atoms with van der Waals surface area (Å²) in [6.07, 6.45) is 12.6. The molecule has 3 heteroatoms. The van der Waals surface area contributed by atoms with Crippen molar-refractivity contribution in [3.63, 3.8) is 0 Å². The van der Waals surface area contributed by atoms with Gasteiger partial charge in [-0.25, -0.2) is 0 Å². The smallest absolute Gasteiger partial charge is 1.00 e. The van der Waals surface area contributed by atoms with Crippen LogP contribution in [0.3, 0.4) is 0 Å². The van der Waals surface area contributed by atoms with Crippen LogP contribution >= 0.6 is 0 Å². The summed E-state index contributed by atoms with van der Waals surface area (Å²) in [4.78, 5) is 0.